The van der Waals surface area contributed by atoms with Crippen molar-refractivity contribution in [3.05, 3.63) is 64.4 Å². The zero-order chi connectivity index (χ0) is 21.0. The molecule has 150 valence electrons. The minimum atomic E-state index is -0.533. The molecule has 0 unspecified atom stereocenters. The number of nitrogen functional groups attached to an aromatic ring is 2. The van der Waals surface area contributed by atoms with E-state index in [1.54, 1.807) is 30.1 Å². The lowest BCUT2D eigenvalue weighted by molar-refractivity contribution is 0.0992. The van der Waals surface area contributed by atoms with E-state index < -0.39 is 5.56 Å². The molecule has 0 aliphatic heterocycles. The maximum atomic E-state index is 12.9. The van der Waals surface area contributed by atoms with Crippen LogP contribution in [0.5, 0.6) is 5.75 Å². The average Bonchev–Trinajstić information content (AvgIpc) is 2.75. The number of anilines is 3. The van der Waals surface area contributed by atoms with Gasteiger partial charge < -0.3 is 25.8 Å². The van der Waals surface area contributed by atoms with Gasteiger partial charge >= 0.3 is 0 Å². The number of nitrogens with two attached hydrogens (primary N) is 2. The molecule has 9 heteroatoms. The number of benzene rings is 2. The van der Waals surface area contributed by atoms with Crippen LogP contribution in [0.2, 0.25) is 0 Å². The minimum absolute atomic E-state index is 0.0511. The lowest BCUT2D eigenvalue weighted by Crippen LogP contribution is -2.26. The van der Waals surface area contributed by atoms with Gasteiger partial charge in [-0.2, -0.15) is 0 Å². The Hall–Kier alpha value is -3.85. The van der Waals surface area contributed by atoms with E-state index in [0.717, 1.165) is 5.69 Å². The van der Waals surface area contributed by atoms with Crippen LogP contribution < -0.4 is 32.2 Å². The Morgan fingerprint density at radius 1 is 1.24 bits per heavy atom. The molecule has 0 atom stereocenters. The third-order valence-electron chi connectivity index (χ3n) is 4.32. The molecule has 9 nitrogen and oxygen atoms in total. The van der Waals surface area contributed by atoms with E-state index in [2.05, 4.69) is 15.4 Å². The second kappa shape index (κ2) is 8.44. The van der Waals surface area contributed by atoms with Gasteiger partial charge in [0.2, 0.25) is 0 Å². The standard InChI is InChI=1S/C20H22N6O3/c1-3-29-15-11-12(20(28)26(2)13-7-5-4-6-8-13)9-10-14(15)17-23-18(25-22)16(21)19(27)24-17/h4-11H,3,21-22H2,1-2H3,(H2,23,24,25,27). The van der Waals surface area contributed by atoms with Gasteiger partial charge in [0.05, 0.1) is 12.2 Å². The number of hydrogen-bond acceptors (Lipinski definition) is 7. The average molecular weight is 394 g/mol. The van der Waals surface area contributed by atoms with Crippen LogP contribution in [-0.2, 0) is 0 Å². The summed E-state index contributed by atoms with van der Waals surface area (Å²) in [6, 6.07) is 14.2. The van der Waals surface area contributed by atoms with Crippen LogP contribution in [0.15, 0.2) is 53.3 Å². The SMILES string of the molecule is CCOc1cc(C(=O)N(C)c2ccccc2)ccc1-c1nc(NN)c(N)c(=O)[nH]1. The van der Waals surface area contributed by atoms with E-state index in [1.165, 1.54) is 0 Å². The lowest BCUT2D eigenvalue weighted by atomic mass is 10.1. The molecule has 0 bridgehead atoms. The number of H-pyrrole nitrogens is 1. The quantitative estimate of drug-likeness (QED) is 0.370. The smallest absolute Gasteiger partial charge is 0.276 e. The number of ether oxygens (including phenoxy) is 1. The molecule has 3 rings (SSSR count). The highest BCUT2D eigenvalue weighted by Gasteiger charge is 2.18. The highest BCUT2D eigenvalue weighted by Crippen LogP contribution is 2.30. The Morgan fingerprint density at radius 3 is 2.62 bits per heavy atom. The molecule has 0 radical (unpaired) electrons. The molecule has 0 aliphatic rings. The minimum Gasteiger partial charge on any atom is -0.493 e. The second-order valence-electron chi connectivity index (χ2n) is 6.16. The fourth-order valence-electron chi connectivity index (χ4n) is 2.81. The Bertz CT molecular complexity index is 1080. The summed E-state index contributed by atoms with van der Waals surface area (Å²) in [5.74, 6) is 5.86. The number of hydrogen-bond donors (Lipinski definition) is 4. The fraction of sp³-hybridized carbons (Fsp3) is 0.150. The number of aromatic amines is 1. The summed E-state index contributed by atoms with van der Waals surface area (Å²) in [6.07, 6.45) is 0. The van der Waals surface area contributed by atoms with E-state index in [9.17, 15) is 9.59 Å². The number of nitrogens with zero attached hydrogens (tertiary/aromatic N) is 2. The van der Waals surface area contributed by atoms with Gasteiger partial charge in [0.25, 0.3) is 11.5 Å². The maximum absolute atomic E-state index is 12.9. The molecule has 0 saturated heterocycles. The molecule has 0 saturated carbocycles. The molecule has 29 heavy (non-hydrogen) atoms. The van der Waals surface area contributed by atoms with Gasteiger partial charge in [0.1, 0.15) is 17.3 Å². The first-order chi connectivity index (χ1) is 14.0. The molecular formula is C20H22N6O3. The molecule has 1 heterocycles. The molecule has 2 aromatic carbocycles. The Balaban J connectivity index is 2.03. The Kier molecular flexibility index (Phi) is 5.79. The molecule has 6 N–H and O–H groups in total. The van der Waals surface area contributed by atoms with Crippen LogP contribution in [-0.4, -0.2) is 29.5 Å². The number of carbonyl (C=O) groups is 1. The van der Waals surface area contributed by atoms with Crippen LogP contribution in [0, 0.1) is 0 Å². The zero-order valence-corrected chi connectivity index (χ0v) is 16.1. The first-order valence-electron chi connectivity index (χ1n) is 8.93. The third-order valence-corrected chi connectivity index (χ3v) is 4.32. The molecule has 0 spiro atoms. The molecule has 1 amide bonds. The molecule has 0 fully saturated rings. The Labute approximate surface area is 167 Å². The van der Waals surface area contributed by atoms with Crippen LogP contribution in [0.3, 0.4) is 0 Å². The van der Waals surface area contributed by atoms with Crippen molar-refractivity contribution < 1.29 is 9.53 Å². The number of nitrogens with one attached hydrogen (secondary N) is 2. The van der Waals surface area contributed by atoms with Crippen molar-refractivity contribution >= 4 is 23.1 Å². The highest BCUT2D eigenvalue weighted by molar-refractivity contribution is 6.06. The van der Waals surface area contributed by atoms with E-state index in [-0.39, 0.29) is 23.2 Å². The first kappa shape index (κ1) is 19.9. The summed E-state index contributed by atoms with van der Waals surface area (Å²) in [4.78, 5) is 33.3. The van der Waals surface area contributed by atoms with Gasteiger partial charge in [0, 0.05) is 18.3 Å². The number of aromatic nitrogens is 2. The van der Waals surface area contributed by atoms with Gasteiger partial charge in [-0.05, 0) is 37.3 Å². The number of carbonyl (C=O) groups excluding carboxylic acids is 1. The summed E-state index contributed by atoms with van der Waals surface area (Å²) >= 11 is 0. The predicted octanol–water partition coefficient (Wildman–Crippen LogP) is 1.98. The number of amides is 1. The zero-order valence-electron chi connectivity index (χ0n) is 16.1. The van der Waals surface area contributed by atoms with E-state index in [4.69, 9.17) is 16.3 Å². The van der Waals surface area contributed by atoms with Crippen LogP contribution in [0.25, 0.3) is 11.4 Å². The molecule has 0 aliphatic carbocycles. The van der Waals surface area contributed by atoms with Crippen molar-refractivity contribution in [1.29, 1.82) is 0 Å². The van der Waals surface area contributed by atoms with E-state index in [1.807, 2.05) is 37.3 Å². The summed E-state index contributed by atoms with van der Waals surface area (Å²) < 4.78 is 5.70. The van der Waals surface area contributed by atoms with Crippen molar-refractivity contribution in [2.45, 2.75) is 6.92 Å². The van der Waals surface area contributed by atoms with Gasteiger partial charge in [-0.1, -0.05) is 18.2 Å². The van der Waals surface area contributed by atoms with Gasteiger partial charge in [-0.3, -0.25) is 9.59 Å². The number of rotatable bonds is 6. The Morgan fingerprint density at radius 2 is 1.97 bits per heavy atom. The van der Waals surface area contributed by atoms with Crippen molar-refractivity contribution in [2.24, 2.45) is 5.84 Å². The summed E-state index contributed by atoms with van der Waals surface area (Å²) in [7, 11) is 1.70. The van der Waals surface area contributed by atoms with Crippen LogP contribution in [0.4, 0.5) is 17.2 Å². The largest absolute Gasteiger partial charge is 0.493 e. The summed E-state index contributed by atoms with van der Waals surface area (Å²) in [5.41, 5.74) is 9.00. The van der Waals surface area contributed by atoms with Crippen molar-refractivity contribution in [3.8, 4) is 17.1 Å². The summed E-state index contributed by atoms with van der Waals surface area (Å²) in [5, 5.41) is 0. The van der Waals surface area contributed by atoms with Gasteiger partial charge in [-0.25, -0.2) is 10.8 Å². The van der Waals surface area contributed by atoms with Gasteiger partial charge in [0.15, 0.2) is 5.82 Å². The fourth-order valence-corrected chi connectivity index (χ4v) is 2.81. The third kappa shape index (κ3) is 4.04. The molecule has 1 aromatic heterocycles. The topological polar surface area (TPSA) is 139 Å². The number of para-hydroxylation sites is 1. The molecule has 3 aromatic rings. The normalized spacial score (nSPS) is 10.4. The predicted molar refractivity (Wildman–Crippen MR) is 113 cm³/mol. The molecular weight excluding hydrogens is 372 g/mol. The second-order valence-corrected chi connectivity index (χ2v) is 6.16. The van der Waals surface area contributed by atoms with Crippen molar-refractivity contribution in [3.63, 3.8) is 0 Å². The van der Waals surface area contributed by atoms with Gasteiger partial charge in [-0.15, -0.1) is 0 Å². The highest BCUT2D eigenvalue weighted by atomic mass is 16.5. The lowest BCUT2D eigenvalue weighted by Gasteiger charge is -2.18. The summed E-state index contributed by atoms with van der Waals surface area (Å²) in [6.45, 7) is 2.18. The monoisotopic (exact) mass is 394 g/mol. The van der Waals surface area contributed by atoms with Crippen LogP contribution >= 0.6 is 0 Å². The van der Waals surface area contributed by atoms with E-state index in [0.29, 0.717) is 23.5 Å². The van der Waals surface area contributed by atoms with Crippen molar-refractivity contribution in [1.82, 2.24) is 9.97 Å². The first-order valence-corrected chi connectivity index (χ1v) is 8.93. The maximum Gasteiger partial charge on any atom is 0.276 e. The number of hydrazine groups is 1. The van der Waals surface area contributed by atoms with Crippen molar-refractivity contribution in [2.75, 3.05) is 29.7 Å². The van der Waals surface area contributed by atoms with E-state index >= 15 is 0 Å². The van der Waals surface area contributed by atoms with Crippen LogP contribution in [0.1, 0.15) is 17.3 Å².